The number of halogens is 2. The summed E-state index contributed by atoms with van der Waals surface area (Å²) < 4.78 is 62.1. The van der Waals surface area contributed by atoms with Crippen LogP contribution < -0.4 is 5.14 Å². The minimum absolute atomic E-state index is 0.0781. The van der Waals surface area contributed by atoms with Crippen molar-refractivity contribution in [2.75, 3.05) is 6.61 Å². The molecule has 0 spiro atoms. The highest BCUT2D eigenvalue weighted by Gasteiger charge is 2.23. The van der Waals surface area contributed by atoms with E-state index >= 15 is 0 Å². The molecule has 2 aromatic carbocycles. The third kappa shape index (κ3) is 3.44. The second-order valence-corrected chi connectivity index (χ2v) is 7.81. The van der Waals surface area contributed by atoms with E-state index in [0.717, 1.165) is 12.1 Å². The first-order valence-electron chi connectivity index (χ1n) is 8.39. The maximum atomic E-state index is 14.0. The van der Waals surface area contributed by atoms with Crippen molar-refractivity contribution in [2.45, 2.75) is 11.3 Å². The van der Waals surface area contributed by atoms with Gasteiger partial charge in [0.1, 0.15) is 5.76 Å². The Morgan fingerprint density at radius 3 is 2.21 bits per heavy atom. The number of nitrogens with two attached hydrogens (primary N) is 1. The van der Waals surface area contributed by atoms with Crippen molar-refractivity contribution in [3.05, 3.63) is 83.3 Å². The maximum absolute atomic E-state index is 14.0. The second kappa shape index (κ2) is 6.88. The van der Waals surface area contributed by atoms with Crippen LogP contribution in [0.4, 0.5) is 8.78 Å². The molecule has 2 N–H and O–H groups in total. The summed E-state index contributed by atoms with van der Waals surface area (Å²) in [5.74, 6) is -0.624. The van der Waals surface area contributed by atoms with Gasteiger partial charge in [0.05, 0.1) is 11.5 Å². The molecule has 0 radical (unpaired) electrons. The molecule has 5 nitrogen and oxygen atoms in total. The minimum Gasteiger partial charge on any atom is -0.489 e. The van der Waals surface area contributed by atoms with Gasteiger partial charge in [-0.2, -0.15) is 0 Å². The highest BCUT2D eigenvalue weighted by atomic mass is 32.2. The van der Waals surface area contributed by atoms with Crippen molar-refractivity contribution in [1.82, 2.24) is 0 Å². The molecule has 2 aliphatic rings. The van der Waals surface area contributed by atoms with E-state index in [0.29, 0.717) is 47.0 Å². The molecule has 2 aromatic rings. The van der Waals surface area contributed by atoms with Gasteiger partial charge < -0.3 is 9.47 Å². The molecule has 28 heavy (non-hydrogen) atoms. The molecule has 4 rings (SSSR count). The maximum Gasteiger partial charge on any atom is 0.238 e. The first-order chi connectivity index (χ1) is 13.3. The zero-order chi connectivity index (χ0) is 19.9. The average Bonchev–Trinajstić information content (AvgIpc) is 2.69. The van der Waals surface area contributed by atoms with E-state index in [1.807, 2.05) is 6.08 Å². The molecule has 2 aliphatic heterocycles. The fourth-order valence-electron chi connectivity index (χ4n) is 3.02. The predicted molar refractivity (Wildman–Crippen MR) is 99.0 cm³/mol. The summed E-state index contributed by atoms with van der Waals surface area (Å²) in [6.45, 7) is 0.550. The lowest BCUT2D eigenvalue weighted by Crippen LogP contribution is -2.12. The van der Waals surface area contributed by atoms with Crippen molar-refractivity contribution in [3.63, 3.8) is 0 Å². The van der Waals surface area contributed by atoms with Crippen LogP contribution in [0.3, 0.4) is 0 Å². The third-order valence-corrected chi connectivity index (χ3v) is 5.30. The van der Waals surface area contributed by atoms with Crippen LogP contribution in [0.2, 0.25) is 0 Å². The molecule has 8 heteroatoms. The number of allylic oxidation sites excluding steroid dienone is 2. The van der Waals surface area contributed by atoms with E-state index in [4.69, 9.17) is 14.6 Å². The Bertz CT molecular complexity index is 1150. The quantitative estimate of drug-likeness (QED) is 0.845. The van der Waals surface area contributed by atoms with E-state index in [2.05, 4.69) is 0 Å². The summed E-state index contributed by atoms with van der Waals surface area (Å²) in [5.41, 5.74) is 1.15. The Kier molecular flexibility index (Phi) is 4.52. The first-order valence-corrected chi connectivity index (χ1v) is 9.93. The molecule has 0 unspecified atom stereocenters. The van der Waals surface area contributed by atoms with Gasteiger partial charge in [-0.1, -0.05) is 12.1 Å². The Balaban J connectivity index is 1.82. The summed E-state index contributed by atoms with van der Waals surface area (Å²) >= 11 is 0. The average molecular weight is 403 g/mol. The fourth-order valence-corrected chi connectivity index (χ4v) is 3.53. The Hall–Kier alpha value is -2.97. The van der Waals surface area contributed by atoms with E-state index in [9.17, 15) is 17.2 Å². The lowest BCUT2D eigenvalue weighted by Gasteiger charge is -2.24. The van der Waals surface area contributed by atoms with E-state index < -0.39 is 21.7 Å². The van der Waals surface area contributed by atoms with Crippen LogP contribution in [0.1, 0.15) is 12.0 Å². The monoisotopic (exact) mass is 403 g/mol. The number of fused-ring (bicyclic) bond motifs is 1. The third-order valence-electron chi connectivity index (χ3n) is 4.37. The minimum atomic E-state index is -3.86. The number of hydrogen-bond acceptors (Lipinski definition) is 4. The summed E-state index contributed by atoms with van der Waals surface area (Å²) in [6.07, 6.45) is 5.87. The van der Waals surface area contributed by atoms with Crippen LogP contribution in [0.5, 0.6) is 0 Å². The number of sulfonamides is 1. The molecule has 0 saturated heterocycles. The number of hydrogen-bond donors (Lipinski definition) is 1. The highest BCUT2D eigenvalue weighted by Crippen LogP contribution is 2.37. The molecule has 0 amide bonds. The number of ether oxygens (including phenoxy) is 2. The second-order valence-electron chi connectivity index (χ2n) is 6.25. The largest absolute Gasteiger partial charge is 0.489 e. The van der Waals surface area contributed by atoms with Gasteiger partial charge in [0.15, 0.2) is 23.2 Å². The van der Waals surface area contributed by atoms with Gasteiger partial charge in [-0.05, 0) is 53.6 Å². The number of rotatable bonds is 3. The van der Waals surface area contributed by atoms with Crippen molar-refractivity contribution in [3.8, 4) is 11.1 Å². The number of benzene rings is 2. The highest BCUT2D eigenvalue weighted by molar-refractivity contribution is 7.89. The normalized spacial score (nSPS) is 16.2. The van der Waals surface area contributed by atoms with Crippen molar-refractivity contribution < 1.29 is 26.7 Å². The Labute approximate surface area is 160 Å². The molecule has 2 heterocycles. The predicted octanol–water partition coefficient (Wildman–Crippen LogP) is 3.84. The zero-order valence-corrected chi connectivity index (χ0v) is 15.3. The van der Waals surface area contributed by atoms with Gasteiger partial charge in [0.2, 0.25) is 10.0 Å². The van der Waals surface area contributed by atoms with Gasteiger partial charge in [-0.25, -0.2) is 22.3 Å². The molecule has 0 fully saturated rings. The summed E-state index contributed by atoms with van der Waals surface area (Å²) in [4.78, 5) is -0.0781. The fraction of sp³-hybridized carbons (Fsp3) is 0.100. The van der Waals surface area contributed by atoms with E-state index in [-0.39, 0.29) is 4.90 Å². The van der Waals surface area contributed by atoms with E-state index in [1.165, 1.54) is 24.3 Å². The van der Waals surface area contributed by atoms with Crippen LogP contribution in [-0.4, -0.2) is 15.0 Å². The van der Waals surface area contributed by atoms with Gasteiger partial charge in [0.25, 0.3) is 0 Å². The molecular weight excluding hydrogens is 388 g/mol. The lowest BCUT2D eigenvalue weighted by atomic mass is 9.97. The van der Waals surface area contributed by atoms with Gasteiger partial charge in [-0.3, -0.25) is 0 Å². The van der Waals surface area contributed by atoms with Crippen molar-refractivity contribution in [2.24, 2.45) is 5.14 Å². The Morgan fingerprint density at radius 1 is 0.893 bits per heavy atom. The molecule has 144 valence electrons. The van der Waals surface area contributed by atoms with Gasteiger partial charge >= 0.3 is 0 Å². The standard InChI is InChI=1S/C20H15F2NO4S/c21-16-10-14(12-3-5-13(6-4-12)28(23,24)25)15(11-17(16)22)18-7-8-19-20(27-18)2-1-9-26-19/h2-8,10-11H,1,9H2,(H2,23,24,25). The van der Waals surface area contributed by atoms with Crippen molar-refractivity contribution in [1.29, 1.82) is 0 Å². The molecule has 0 atom stereocenters. The molecule has 0 saturated carbocycles. The molecule has 0 aromatic heterocycles. The van der Waals surface area contributed by atoms with Crippen molar-refractivity contribution >= 4 is 15.8 Å². The summed E-state index contributed by atoms with van der Waals surface area (Å²) in [5, 5.41) is 5.11. The van der Waals surface area contributed by atoms with Crippen LogP contribution in [0, 0.1) is 11.6 Å². The van der Waals surface area contributed by atoms with E-state index in [1.54, 1.807) is 12.2 Å². The lowest BCUT2D eigenvalue weighted by molar-refractivity contribution is 0.178. The van der Waals surface area contributed by atoms with Gasteiger partial charge in [0, 0.05) is 12.0 Å². The van der Waals surface area contributed by atoms with Crippen LogP contribution in [0.15, 0.2) is 71.0 Å². The van der Waals surface area contributed by atoms with Gasteiger partial charge in [-0.15, -0.1) is 0 Å². The number of primary sulfonamides is 1. The molecule has 0 bridgehead atoms. The SMILES string of the molecule is NS(=O)(=O)c1ccc(-c2cc(F)c(F)cc2C2=CC=C3OCCC=C3O2)cc1. The molecule has 0 aliphatic carbocycles. The summed E-state index contributed by atoms with van der Waals surface area (Å²) in [6, 6.07) is 7.66. The molecular formula is C20H15F2NO4S. The summed E-state index contributed by atoms with van der Waals surface area (Å²) in [7, 11) is -3.86. The van der Waals surface area contributed by atoms with Crippen LogP contribution in [0.25, 0.3) is 16.9 Å². The van der Waals surface area contributed by atoms with Crippen LogP contribution in [-0.2, 0) is 19.5 Å². The topological polar surface area (TPSA) is 78.6 Å². The smallest absolute Gasteiger partial charge is 0.238 e. The zero-order valence-electron chi connectivity index (χ0n) is 14.5. The van der Waals surface area contributed by atoms with Crippen LogP contribution >= 0.6 is 0 Å². The first kappa shape index (κ1) is 18.4. The Morgan fingerprint density at radius 2 is 1.54 bits per heavy atom.